The molecule has 0 saturated heterocycles. The molecule has 0 fully saturated rings. The fraction of sp³-hybridized carbons (Fsp3) is 0. The van der Waals surface area contributed by atoms with Crippen molar-refractivity contribution < 1.29 is 34.6 Å². The van der Waals surface area contributed by atoms with E-state index in [1.165, 1.54) is 0 Å². The van der Waals surface area contributed by atoms with E-state index in [-0.39, 0.29) is 27.0 Å². The van der Waals surface area contributed by atoms with E-state index in [9.17, 15) is 0 Å². The summed E-state index contributed by atoms with van der Waals surface area (Å²) in [5.41, 5.74) is 0. The molecule has 1 radical (unpaired) electrons. The third-order valence-electron chi connectivity index (χ3n) is 0. The van der Waals surface area contributed by atoms with Crippen LogP contribution in [0.3, 0.4) is 0 Å². The van der Waals surface area contributed by atoms with Crippen molar-refractivity contribution in [3.05, 3.63) is 0 Å². The van der Waals surface area contributed by atoms with Crippen LogP contribution in [0.4, 0.5) is 0 Å². The molecule has 7 heavy (non-hydrogen) atoms. The SMILES string of the molecule is O=S(=O)(O)O.P.[Cu]. The van der Waals surface area contributed by atoms with Gasteiger partial charge in [-0.2, -0.15) is 18.3 Å². The predicted octanol–water partition coefficient (Wildman–Crippen LogP) is -0.597. The van der Waals surface area contributed by atoms with Gasteiger partial charge in [0.25, 0.3) is 0 Å². The summed E-state index contributed by atoms with van der Waals surface area (Å²) in [6, 6.07) is 0. The Balaban J connectivity index is -0.0000000800. The van der Waals surface area contributed by atoms with Crippen molar-refractivity contribution in [1.29, 1.82) is 0 Å². The molecule has 0 aromatic heterocycles. The van der Waals surface area contributed by atoms with E-state index in [1.54, 1.807) is 0 Å². The fourth-order valence-electron chi connectivity index (χ4n) is 0. The summed E-state index contributed by atoms with van der Waals surface area (Å²) in [4.78, 5) is 0. The molecule has 0 aliphatic rings. The van der Waals surface area contributed by atoms with Gasteiger partial charge < -0.3 is 0 Å². The van der Waals surface area contributed by atoms with Crippen LogP contribution in [0.1, 0.15) is 0 Å². The second-order valence-corrected chi connectivity index (χ2v) is 1.34. The van der Waals surface area contributed by atoms with Crippen molar-refractivity contribution in [2.24, 2.45) is 0 Å². The minimum atomic E-state index is -4.67. The zero-order chi connectivity index (χ0) is 4.50. The minimum absolute atomic E-state index is 0. The second kappa shape index (κ2) is 4.97. The number of hydrogen-bond acceptors (Lipinski definition) is 2. The maximum atomic E-state index is 8.74. The molecule has 0 spiro atoms. The Hall–Kier alpha value is 0.819. The van der Waals surface area contributed by atoms with Crippen molar-refractivity contribution in [2.45, 2.75) is 0 Å². The molecule has 0 aliphatic carbocycles. The Morgan fingerprint density at radius 3 is 1.14 bits per heavy atom. The van der Waals surface area contributed by atoms with Gasteiger partial charge in [0.05, 0.1) is 0 Å². The molecular weight excluding hydrogens is 191 g/mol. The van der Waals surface area contributed by atoms with E-state index < -0.39 is 10.4 Å². The molecule has 2 N–H and O–H groups in total. The first-order valence-corrected chi connectivity index (χ1v) is 2.10. The molecule has 1 atom stereocenters. The van der Waals surface area contributed by atoms with E-state index in [4.69, 9.17) is 17.5 Å². The van der Waals surface area contributed by atoms with Gasteiger partial charge in [-0.3, -0.25) is 9.11 Å². The van der Waals surface area contributed by atoms with Gasteiger partial charge in [-0.1, -0.05) is 0 Å². The zero-order valence-corrected chi connectivity index (χ0v) is 6.30. The minimum Gasteiger partial charge on any atom is -0.264 e. The van der Waals surface area contributed by atoms with Crippen LogP contribution in [-0.2, 0) is 27.5 Å². The molecule has 0 aromatic rings. The maximum Gasteiger partial charge on any atom is 0.394 e. The topological polar surface area (TPSA) is 74.6 Å². The third-order valence-corrected chi connectivity index (χ3v) is 0. The van der Waals surface area contributed by atoms with Crippen molar-refractivity contribution in [3.8, 4) is 0 Å². The van der Waals surface area contributed by atoms with E-state index in [1.807, 2.05) is 0 Å². The smallest absolute Gasteiger partial charge is 0.264 e. The Labute approximate surface area is 55.4 Å². The quantitative estimate of drug-likeness (QED) is 0.308. The zero-order valence-electron chi connectivity index (χ0n) is 3.13. The third kappa shape index (κ3) is 236. The Kier molecular flexibility index (Phi) is 11.1. The Bertz CT molecular complexity index is 94.9. The molecule has 0 rings (SSSR count). The van der Waals surface area contributed by atoms with Crippen LogP contribution in [0.5, 0.6) is 0 Å². The molecule has 0 bridgehead atoms. The second-order valence-electron chi connectivity index (χ2n) is 0.448. The predicted molar refractivity (Wildman–Crippen MR) is 25.3 cm³/mol. The van der Waals surface area contributed by atoms with E-state index >= 15 is 0 Å². The first-order valence-electron chi connectivity index (χ1n) is 0.698. The summed E-state index contributed by atoms with van der Waals surface area (Å²) in [7, 11) is -4.67. The molecule has 51 valence electrons. The standard InChI is InChI=1S/Cu.H2O4S.H3P/c;1-5(2,3)4;/h;(H2,1,2,3,4);1H3. The van der Waals surface area contributed by atoms with Gasteiger partial charge in [-0.15, -0.1) is 0 Å². The largest absolute Gasteiger partial charge is 0.394 e. The number of hydrogen-bond donors (Lipinski definition) is 2. The summed E-state index contributed by atoms with van der Waals surface area (Å²) >= 11 is 0. The Morgan fingerprint density at radius 2 is 1.14 bits per heavy atom. The van der Waals surface area contributed by atoms with Crippen molar-refractivity contribution in [1.82, 2.24) is 0 Å². The van der Waals surface area contributed by atoms with Crippen LogP contribution < -0.4 is 0 Å². The van der Waals surface area contributed by atoms with Crippen LogP contribution in [0.25, 0.3) is 0 Å². The van der Waals surface area contributed by atoms with E-state index in [2.05, 4.69) is 0 Å². The molecule has 0 saturated carbocycles. The van der Waals surface area contributed by atoms with Crippen LogP contribution in [0.15, 0.2) is 0 Å². The van der Waals surface area contributed by atoms with Gasteiger partial charge in [0.15, 0.2) is 0 Å². The molecule has 1 unspecified atom stereocenters. The fourth-order valence-corrected chi connectivity index (χ4v) is 0. The van der Waals surface area contributed by atoms with Crippen LogP contribution in [0.2, 0.25) is 0 Å². The molecule has 0 amide bonds. The average Bonchev–Trinajstić information content (AvgIpc) is 0.722. The Morgan fingerprint density at radius 1 is 1.14 bits per heavy atom. The summed E-state index contributed by atoms with van der Waals surface area (Å²) in [6.45, 7) is 0. The van der Waals surface area contributed by atoms with Gasteiger partial charge in [-0.25, -0.2) is 0 Å². The first-order chi connectivity index (χ1) is 2.00. The van der Waals surface area contributed by atoms with Crippen LogP contribution >= 0.6 is 9.90 Å². The summed E-state index contributed by atoms with van der Waals surface area (Å²) in [5.74, 6) is 0. The van der Waals surface area contributed by atoms with Crippen molar-refractivity contribution >= 4 is 20.3 Å². The maximum absolute atomic E-state index is 8.74. The van der Waals surface area contributed by atoms with Gasteiger partial charge in [0.2, 0.25) is 0 Å². The molecule has 0 aliphatic heterocycles. The van der Waals surface area contributed by atoms with Crippen LogP contribution in [-0.4, -0.2) is 17.5 Å². The van der Waals surface area contributed by atoms with Gasteiger partial charge in [-0.05, 0) is 0 Å². The van der Waals surface area contributed by atoms with Crippen molar-refractivity contribution in [3.63, 3.8) is 0 Å². The molecule has 4 nitrogen and oxygen atoms in total. The van der Waals surface area contributed by atoms with Gasteiger partial charge in [0, 0.05) is 17.1 Å². The normalized spacial score (nSPS) is 8.29. The summed E-state index contributed by atoms with van der Waals surface area (Å²) < 4.78 is 31.6. The van der Waals surface area contributed by atoms with Gasteiger partial charge in [0.1, 0.15) is 0 Å². The van der Waals surface area contributed by atoms with Gasteiger partial charge >= 0.3 is 10.4 Å². The van der Waals surface area contributed by atoms with E-state index in [0.717, 1.165) is 0 Å². The molecule has 7 heteroatoms. The first kappa shape index (κ1) is 15.7. The molecular formula is H5CuO4PS. The number of rotatable bonds is 0. The summed E-state index contributed by atoms with van der Waals surface area (Å²) in [5, 5.41) is 0. The van der Waals surface area contributed by atoms with Crippen molar-refractivity contribution in [2.75, 3.05) is 0 Å². The molecule has 0 heterocycles. The van der Waals surface area contributed by atoms with E-state index in [0.29, 0.717) is 0 Å². The summed E-state index contributed by atoms with van der Waals surface area (Å²) in [6.07, 6.45) is 0. The molecule has 0 aromatic carbocycles. The monoisotopic (exact) mass is 195 g/mol. The average molecular weight is 196 g/mol. The van der Waals surface area contributed by atoms with Crippen LogP contribution in [0, 0.1) is 0 Å².